The maximum atomic E-state index is 13.2. The number of carbonyl (C=O) groups excluding carboxylic acids is 1. The van der Waals surface area contributed by atoms with E-state index in [1.165, 1.54) is 5.56 Å². The summed E-state index contributed by atoms with van der Waals surface area (Å²) in [6.07, 6.45) is 5.19. The van der Waals surface area contributed by atoms with Crippen molar-refractivity contribution in [3.8, 4) is 0 Å². The summed E-state index contributed by atoms with van der Waals surface area (Å²) in [4.78, 5) is 20.3. The van der Waals surface area contributed by atoms with E-state index in [-0.39, 0.29) is 11.9 Å². The fraction of sp³-hybridized carbons (Fsp3) is 0.600. The Hall–Kier alpha value is -3.02. The summed E-state index contributed by atoms with van der Waals surface area (Å²) in [5, 5.41) is 21.9. The Bertz CT molecular complexity index is 1420. The van der Waals surface area contributed by atoms with Crippen molar-refractivity contribution in [2.75, 3.05) is 31.2 Å². The summed E-state index contributed by atoms with van der Waals surface area (Å²) in [5.41, 5.74) is 5.91. The van der Waals surface area contributed by atoms with Crippen molar-refractivity contribution in [2.24, 2.45) is 17.8 Å². The Kier molecular flexibility index (Phi) is 7.54. The normalized spacial score (nSPS) is 23.1. The number of ether oxygens (including phenoxy) is 1. The average Bonchev–Trinajstić information content (AvgIpc) is 3.44. The number of rotatable bonds is 11. The molecule has 1 saturated carbocycles. The van der Waals surface area contributed by atoms with Crippen LogP contribution in [0.15, 0.2) is 24.5 Å². The highest BCUT2D eigenvalue weighted by molar-refractivity contribution is 6.76. The predicted octanol–water partition coefficient (Wildman–Crippen LogP) is 3.54. The van der Waals surface area contributed by atoms with Gasteiger partial charge in [0.2, 0.25) is 0 Å². The van der Waals surface area contributed by atoms with E-state index in [9.17, 15) is 9.90 Å². The standard InChI is InChI=1S/C30H43N7O3Si/c1-19-21(6-9-28(32-19)35-15-24-25(16-35)26(24)17-38)13-36-14-22(12-31-36)30(39)33-27-8-7-23-20(2)37(34-29(23)27)18-40-10-11-41(3,4)5/h6,9,12,14,24-27,38H,7-8,10-11,13,15-18H2,1-5H3,(H,33,39)/t24-,25+,26?,27-/m1/s1. The number of aromatic nitrogens is 5. The summed E-state index contributed by atoms with van der Waals surface area (Å²) >= 11 is 0. The zero-order valence-electron chi connectivity index (χ0n) is 24.9. The number of hydrogen-bond donors (Lipinski definition) is 2. The third kappa shape index (κ3) is 5.84. The first kappa shape index (κ1) is 28.1. The number of carbonyl (C=O) groups is 1. The van der Waals surface area contributed by atoms with Crippen LogP contribution in [0.25, 0.3) is 0 Å². The molecule has 220 valence electrons. The Morgan fingerprint density at radius 2 is 1.98 bits per heavy atom. The largest absolute Gasteiger partial charge is 0.396 e. The fourth-order valence-corrected chi connectivity index (χ4v) is 7.18. The molecule has 1 unspecified atom stereocenters. The van der Waals surface area contributed by atoms with Crippen LogP contribution in [0.5, 0.6) is 0 Å². The van der Waals surface area contributed by atoms with E-state index in [1.54, 1.807) is 17.1 Å². The lowest BCUT2D eigenvalue weighted by Gasteiger charge is -2.21. The molecule has 4 heterocycles. The van der Waals surface area contributed by atoms with E-state index < -0.39 is 8.07 Å². The van der Waals surface area contributed by atoms with Gasteiger partial charge in [0, 0.05) is 52.0 Å². The fourth-order valence-electron chi connectivity index (χ4n) is 6.43. The van der Waals surface area contributed by atoms with Gasteiger partial charge >= 0.3 is 0 Å². The number of nitrogens with zero attached hydrogens (tertiary/aromatic N) is 6. The smallest absolute Gasteiger partial charge is 0.255 e. The summed E-state index contributed by atoms with van der Waals surface area (Å²) < 4.78 is 9.66. The number of anilines is 1. The second-order valence-corrected chi connectivity index (χ2v) is 18.9. The van der Waals surface area contributed by atoms with E-state index in [1.807, 2.05) is 11.6 Å². The molecule has 1 aliphatic heterocycles. The van der Waals surface area contributed by atoms with Crippen LogP contribution in [0.1, 0.15) is 51.0 Å². The average molecular weight is 578 g/mol. The van der Waals surface area contributed by atoms with Gasteiger partial charge in [0.05, 0.1) is 30.0 Å². The molecule has 4 atom stereocenters. The molecule has 0 spiro atoms. The molecule has 41 heavy (non-hydrogen) atoms. The second kappa shape index (κ2) is 11.0. The molecule has 1 saturated heterocycles. The lowest BCUT2D eigenvalue weighted by Crippen LogP contribution is -2.27. The van der Waals surface area contributed by atoms with Crippen molar-refractivity contribution >= 4 is 19.8 Å². The van der Waals surface area contributed by atoms with Crippen molar-refractivity contribution in [2.45, 2.75) is 71.7 Å². The first-order valence-corrected chi connectivity index (χ1v) is 18.6. The number of hydrogen-bond acceptors (Lipinski definition) is 7. The Morgan fingerprint density at radius 1 is 1.20 bits per heavy atom. The maximum Gasteiger partial charge on any atom is 0.255 e. The first-order valence-electron chi connectivity index (χ1n) is 14.9. The molecule has 3 aromatic heterocycles. The van der Waals surface area contributed by atoms with Gasteiger partial charge in [-0.15, -0.1) is 0 Å². The van der Waals surface area contributed by atoms with Gasteiger partial charge in [0.25, 0.3) is 5.91 Å². The van der Waals surface area contributed by atoms with Gasteiger partial charge in [-0.3, -0.25) is 9.48 Å². The third-order valence-corrected chi connectivity index (χ3v) is 10.9. The van der Waals surface area contributed by atoms with Gasteiger partial charge in [0.1, 0.15) is 12.5 Å². The molecule has 3 aliphatic rings. The number of amides is 1. The van der Waals surface area contributed by atoms with Gasteiger partial charge in [-0.25, -0.2) is 9.67 Å². The van der Waals surface area contributed by atoms with Gasteiger partial charge in [-0.2, -0.15) is 10.2 Å². The lowest BCUT2D eigenvalue weighted by atomic mass is 10.2. The summed E-state index contributed by atoms with van der Waals surface area (Å²) in [6.45, 7) is 15.2. The van der Waals surface area contributed by atoms with Gasteiger partial charge in [0.15, 0.2) is 0 Å². The van der Waals surface area contributed by atoms with Crippen molar-refractivity contribution in [3.05, 3.63) is 58.3 Å². The SMILES string of the molecule is Cc1nc(N2C[C@@H]3C(CO)[C@@H]3C2)ccc1Cn1cc(C(=O)N[C@@H]2CCc3c2nn(COCC[Si](C)(C)C)c3C)cn1. The van der Waals surface area contributed by atoms with Crippen molar-refractivity contribution in [1.82, 2.24) is 29.9 Å². The van der Waals surface area contributed by atoms with Gasteiger partial charge in [-0.1, -0.05) is 25.7 Å². The van der Waals surface area contributed by atoms with Crippen LogP contribution in [0.2, 0.25) is 25.7 Å². The van der Waals surface area contributed by atoms with Crippen LogP contribution in [0.4, 0.5) is 5.82 Å². The quantitative estimate of drug-likeness (QED) is 0.265. The number of piperidine rings is 1. The number of fused-ring (bicyclic) bond motifs is 2. The minimum atomic E-state index is -1.13. The molecule has 0 radical (unpaired) electrons. The van der Waals surface area contributed by atoms with Gasteiger partial charge in [-0.05, 0) is 67.7 Å². The summed E-state index contributed by atoms with van der Waals surface area (Å²) in [6, 6.07) is 5.21. The zero-order chi connectivity index (χ0) is 28.9. The second-order valence-electron chi connectivity index (χ2n) is 13.3. The van der Waals surface area contributed by atoms with Crippen molar-refractivity contribution in [3.63, 3.8) is 0 Å². The van der Waals surface area contributed by atoms with Crippen LogP contribution in [0, 0.1) is 31.6 Å². The molecular formula is C30H43N7O3Si. The van der Waals surface area contributed by atoms with E-state index >= 15 is 0 Å². The van der Waals surface area contributed by atoms with E-state index in [2.05, 4.69) is 54.0 Å². The molecule has 2 fully saturated rings. The highest BCUT2D eigenvalue weighted by Gasteiger charge is 2.55. The molecule has 11 heteroatoms. The minimum Gasteiger partial charge on any atom is -0.396 e. The van der Waals surface area contributed by atoms with Crippen molar-refractivity contribution < 1.29 is 14.6 Å². The van der Waals surface area contributed by atoms with E-state index in [0.29, 0.717) is 43.2 Å². The monoisotopic (exact) mass is 577 g/mol. The van der Waals surface area contributed by atoms with Crippen LogP contribution >= 0.6 is 0 Å². The molecular weight excluding hydrogens is 534 g/mol. The first-order chi connectivity index (χ1) is 19.6. The maximum absolute atomic E-state index is 13.2. The lowest BCUT2D eigenvalue weighted by molar-refractivity contribution is 0.0764. The molecule has 2 aliphatic carbocycles. The Labute approximate surface area is 243 Å². The van der Waals surface area contributed by atoms with Crippen LogP contribution in [-0.2, 0) is 24.4 Å². The van der Waals surface area contributed by atoms with E-state index in [0.717, 1.165) is 67.0 Å². The minimum absolute atomic E-state index is 0.106. The highest BCUT2D eigenvalue weighted by atomic mass is 28.3. The number of aliphatic hydroxyl groups is 1. The number of nitrogens with one attached hydrogen (secondary N) is 1. The summed E-state index contributed by atoms with van der Waals surface area (Å²) in [7, 11) is -1.13. The molecule has 1 amide bonds. The predicted molar refractivity (Wildman–Crippen MR) is 160 cm³/mol. The molecule has 3 aromatic rings. The molecule has 0 bridgehead atoms. The Morgan fingerprint density at radius 3 is 2.68 bits per heavy atom. The molecule has 10 nitrogen and oxygen atoms in total. The molecule has 0 aromatic carbocycles. The molecule has 2 N–H and O–H groups in total. The number of aryl methyl sites for hydroxylation is 1. The number of pyridine rings is 1. The van der Waals surface area contributed by atoms with Gasteiger partial charge < -0.3 is 20.1 Å². The highest BCUT2D eigenvalue weighted by Crippen LogP contribution is 2.51. The van der Waals surface area contributed by atoms with Crippen LogP contribution in [0.3, 0.4) is 0 Å². The topological polar surface area (TPSA) is 110 Å². The number of aliphatic hydroxyl groups excluding tert-OH is 1. The van der Waals surface area contributed by atoms with Crippen molar-refractivity contribution in [1.29, 1.82) is 0 Å². The van der Waals surface area contributed by atoms with Crippen LogP contribution in [-0.4, -0.2) is 69.9 Å². The van der Waals surface area contributed by atoms with Crippen LogP contribution < -0.4 is 10.2 Å². The third-order valence-electron chi connectivity index (χ3n) is 9.20. The van der Waals surface area contributed by atoms with E-state index in [4.69, 9.17) is 14.8 Å². The Balaban J connectivity index is 1.04. The summed E-state index contributed by atoms with van der Waals surface area (Å²) in [5.74, 6) is 2.59. The molecule has 6 rings (SSSR count). The zero-order valence-corrected chi connectivity index (χ0v) is 25.9.